The van der Waals surface area contributed by atoms with Crippen molar-refractivity contribution in [2.45, 2.75) is 18.6 Å². The summed E-state index contributed by atoms with van der Waals surface area (Å²) in [6, 6.07) is -3.63. The van der Waals surface area contributed by atoms with Gasteiger partial charge >= 0.3 is 109 Å². The number of halogens is 3. The summed E-state index contributed by atoms with van der Waals surface area (Å²) in [7, 11) is -2.62. The third-order valence-electron chi connectivity index (χ3n) is 1.82. The molecule has 10 heteroatoms. The van der Waals surface area contributed by atoms with Gasteiger partial charge in [0.1, 0.15) is 0 Å². The van der Waals surface area contributed by atoms with Gasteiger partial charge in [0.25, 0.3) is 0 Å². The van der Waals surface area contributed by atoms with Crippen LogP contribution in [0.1, 0.15) is 6.42 Å². The number of hydrogen-bond acceptors (Lipinski definition) is 4. The smallest absolute Gasteiger partial charge is 0.871 e. The molecule has 1 saturated heterocycles. The third kappa shape index (κ3) is 6.10. The first-order valence-corrected chi connectivity index (χ1v) is 3.64. The van der Waals surface area contributed by atoms with E-state index >= 15 is 0 Å². The predicted molar refractivity (Wildman–Crippen MR) is 32.9 cm³/mol. The minimum atomic E-state index is -3.63. The summed E-state index contributed by atoms with van der Waals surface area (Å²) in [6.45, 7) is -1.05. The van der Waals surface area contributed by atoms with Gasteiger partial charge in [0, 0.05) is 6.54 Å². The molecule has 1 atom stereocenters. The molecule has 1 fully saturated rings. The molecule has 0 aliphatic carbocycles. The molecule has 76 valence electrons. The number of rotatable bonds is 3. The largest absolute Gasteiger partial charge is 1.00 e. The van der Waals surface area contributed by atoms with E-state index in [0.29, 0.717) is 4.90 Å². The van der Waals surface area contributed by atoms with Crippen LogP contribution in [0.2, 0.25) is 0 Å². The maximum atomic E-state index is 12.7. The van der Waals surface area contributed by atoms with Crippen molar-refractivity contribution >= 4 is 7.32 Å². The van der Waals surface area contributed by atoms with Crippen molar-refractivity contribution in [1.82, 2.24) is 4.90 Å². The van der Waals surface area contributed by atoms with Crippen LogP contribution in [0.3, 0.4) is 0 Å². The normalized spacial score (nSPS) is 24.2. The Morgan fingerprint density at radius 2 is 1.93 bits per heavy atom. The minimum absolute atomic E-state index is 0. The van der Waals surface area contributed by atoms with Crippen molar-refractivity contribution in [1.29, 1.82) is 0 Å². The molecule has 0 aromatic rings. The van der Waals surface area contributed by atoms with E-state index in [-0.39, 0.29) is 116 Å². The fraction of sp³-hybridized carbons (Fsp3) is 1.00. The third-order valence-corrected chi connectivity index (χ3v) is 1.82. The Morgan fingerprint density at radius 3 is 2.27 bits per heavy atom. The van der Waals surface area contributed by atoms with Gasteiger partial charge in [0.05, 0.1) is 14.1 Å². The van der Waals surface area contributed by atoms with Crippen molar-refractivity contribution in [3.05, 3.63) is 0 Å². The van der Waals surface area contributed by atoms with Crippen LogP contribution in [-0.2, 0) is 4.65 Å². The molecule has 4 nitrogen and oxygen atoms in total. The van der Waals surface area contributed by atoms with Crippen LogP contribution in [0.25, 0.3) is 0 Å². The molecule has 0 amide bonds. The van der Waals surface area contributed by atoms with E-state index in [4.69, 9.17) is 0 Å². The van der Waals surface area contributed by atoms with Gasteiger partial charge in [-0.25, -0.2) is 9.29 Å². The summed E-state index contributed by atoms with van der Waals surface area (Å²) < 4.78 is 41.8. The monoisotopic (exact) mass is 275 g/mol. The topological polar surface area (TPSA) is 58.6 Å². The van der Waals surface area contributed by atoms with Crippen LogP contribution in [0.5, 0.6) is 0 Å². The number of likely N-dealkylation sites (tertiary alicyclic amines) is 1. The molecule has 0 spiro atoms. The van der Waals surface area contributed by atoms with E-state index in [9.17, 15) is 23.2 Å². The van der Waals surface area contributed by atoms with Crippen LogP contribution in [0, 0.1) is 0 Å². The molecular weight excluding hydrogens is 268 g/mol. The average Bonchev–Trinajstić information content (AvgIpc) is 2.25. The number of hydrogen-bond donors (Lipinski definition) is 0. The van der Waals surface area contributed by atoms with Crippen LogP contribution in [0.4, 0.5) is 13.2 Å². The van der Waals surface area contributed by atoms with Gasteiger partial charge in [-0.1, -0.05) is 0 Å². The minimum Gasteiger partial charge on any atom is -0.871 e. The first kappa shape index (κ1) is 20.3. The van der Waals surface area contributed by atoms with Gasteiger partial charge in [0.15, 0.2) is 6.17 Å². The Morgan fingerprint density at radius 1 is 1.40 bits per heavy atom. The summed E-state index contributed by atoms with van der Waals surface area (Å²) in [5.41, 5.74) is 0. The zero-order valence-corrected chi connectivity index (χ0v) is 14.8. The number of nitrogens with zero attached hydrogens (tertiary/aromatic N) is 1. The quantitative estimate of drug-likeness (QED) is 0.379. The SMILES string of the molecule is [K+].[K+].[O-]B([O-])OCN1CCC(F)C1(F)F. The molecule has 1 aliphatic heterocycles. The van der Waals surface area contributed by atoms with E-state index in [2.05, 4.69) is 4.65 Å². The molecule has 0 N–H and O–H groups in total. The van der Waals surface area contributed by atoms with Gasteiger partial charge in [-0.15, -0.1) is 0 Å². The van der Waals surface area contributed by atoms with Crippen LogP contribution >= 0.6 is 0 Å². The maximum absolute atomic E-state index is 12.7. The Balaban J connectivity index is 0. The van der Waals surface area contributed by atoms with E-state index < -0.39 is 26.3 Å². The molecule has 0 aromatic carbocycles. The van der Waals surface area contributed by atoms with Crippen molar-refractivity contribution in [2.75, 3.05) is 13.3 Å². The fourth-order valence-electron chi connectivity index (χ4n) is 1.09. The second-order valence-electron chi connectivity index (χ2n) is 2.69. The molecule has 1 unspecified atom stereocenters. The molecule has 0 saturated carbocycles. The van der Waals surface area contributed by atoms with Gasteiger partial charge in [0.2, 0.25) is 0 Å². The molecule has 0 aromatic heterocycles. The summed E-state index contributed by atoms with van der Waals surface area (Å²) >= 11 is 0. The molecule has 1 aliphatic rings. The van der Waals surface area contributed by atoms with Crippen LogP contribution < -0.4 is 113 Å². The van der Waals surface area contributed by atoms with E-state index in [1.54, 1.807) is 0 Å². The summed E-state index contributed by atoms with van der Waals surface area (Å²) in [5.74, 6) is 0. The molecule has 0 radical (unpaired) electrons. The predicted octanol–water partition coefficient (Wildman–Crippen LogP) is -7.69. The van der Waals surface area contributed by atoms with E-state index in [0.717, 1.165) is 0 Å². The maximum Gasteiger partial charge on any atom is 1.00 e. The van der Waals surface area contributed by atoms with Gasteiger partial charge in [-0.05, 0) is 6.42 Å². The second kappa shape index (κ2) is 8.96. The van der Waals surface area contributed by atoms with E-state index in [1.165, 1.54) is 0 Å². The summed E-state index contributed by atoms with van der Waals surface area (Å²) in [4.78, 5) is 0.334. The van der Waals surface area contributed by atoms with Crippen LogP contribution in [0.15, 0.2) is 0 Å². The van der Waals surface area contributed by atoms with Gasteiger partial charge in [-0.3, -0.25) is 0 Å². The van der Waals surface area contributed by atoms with Crippen molar-refractivity contribution in [3.63, 3.8) is 0 Å². The molecule has 1 heterocycles. The molecule has 0 bridgehead atoms. The van der Waals surface area contributed by atoms with Crippen LogP contribution in [-0.4, -0.2) is 37.7 Å². The Hall–Kier alpha value is 2.97. The molecule has 1 rings (SSSR count). The van der Waals surface area contributed by atoms with Gasteiger partial charge < -0.3 is 14.7 Å². The summed E-state index contributed by atoms with van der Waals surface area (Å²) in [6.07, 6.45) is -2.58. The number of alkyl halides is 3. The zero-order valence-electron chi connectivity index (χ0n) is 8.58. The zero-order chi connectivity index (χ0) is 10.1. The van der Waals surface area contributed by atoms with E-state index in [1.807, 2.05) is 0 Å². The standard InChI is InChI=1S/C5H7BF3NO3.2K/c7-4-1-2-10(5(4,8)9)3-13-6(11)12;;/h4H,1-3H2;;/q-2;2*+1. The average molecular weight is 275 g/mol. The van der Waals surface area contributed by atoms with Crippen molar-refractivity contribution in [3.8, 4) is 0 Å². The molecular formula is C5H7BF3K2NO3. The first-order chi connectivity index (χ1) is 5.94. The molecule has 15 heavy (non-hydrogen) atoms. The second-order valence-corrected chi connectivity index (χ2v) is 2.69. The Kier molecular flexibility index (Phi) is 12.1. The first-order valence-electron chi connectivity index (χ1n) is 3.64. The van der Waals surface area contributed by atoms with Crippen molar-refractivity contribution in [2.24, 2.45) is 0 Å². The Bertz CT molecular complexity index is 191. The Labute approximate surface area is 171 Å². The fourth-order valence-corrected chi connectivity index (χ4v) is 1.09. The van der Waals surface area contributed by atoms with Crippen molar-refractivity contribution < 1.29 is 131 Å². The summed E-state index contributed by atoms with van der Waals surface area (Å²) in [5, 5.41) is 19.7. The van der Waals surface area contributed by atoms with Gasteiger partial charge in [-0.2, -0.15) is 8.78 Å².